The number of carbonyl (C=O) groups excluding carboxylic acids is 1. The van der Waals surface area contributed by atoms with Gasteiger partial charge >= 0.3 is 0 Å². The van der Waals surface area contributed by atoms with Gasteiger partial charge in [0.2, 0.25) is 15.9 Å². The third kappa shape index (κ3) is 3.85. The topological polar surface area (TPSA) is 79.0 Å². The van der Waals surface area contributed by atoms with E-state index in [9.17, 15) is 13.2 Å². The van der Waals surface area contributed by atoms with E-state index in [-0.39, 0.29) is 11.9 Å². The van der Waals surface area contributed by atoms with Crippen molar-refractivity contribution in [1.82, 2.24) is 9.21 Å². The molecule has 7 nitrogen and oxygen atoms in total. The van der Waals surface area contributed by atoms with Crippen LogP contribution in [-0.2, 0) is 19.6 Å². The lowest BCUT2D eigenvalue weighted by Gasteiger charge is -2.26. The van der Waals surface area contributed by atoms with Gasteiger partial charge in [0.1, 0.15) is 0 Å². The second kappa shape index (κ2) is 8.12. The lowest BCUT2D eigenvalue weighted by molar-refractivity contribution is -0.118. The van der Waals surface area contributed by atoms with Crippen LogP contribution in [0.1, 0.15) is 6.42 Å². The van der Waals surface area contributed by atoms with Crippen LogP contribution in [-0.4, -0.2) is 80.0 Å². The Bertz CT molecular complexity index is 1070. The predicted molar refractivity (Wildman–Crippen MR) is 118 cm³/mol. The number of morpholine rings is 1. The summed E-state index contributed by atoms with van der Waals surface area (Å²) < 4.78 is 33.4. The first-order chi connectivity index (χ1) is 14.5. The molecule has 1 amide bonds. The molecule has 5 rings (SSSR count). The summed E-state index contributed by atoms with van der Waals surface area (Å²) in [4.78, 5) is 14.9. The molecule has 0 saturated carbocycles. The molecule has 0 aromatic heterocycles. The van der Waals surface area contributed by atoms with Gasteiger partial charge in [-0.1, -0.05) is 18.2 Å². The molecule has 3 heterocycles. The van der Waals surface area contributed by atoms with Gasteiger partial charge in [-0.05, 0) is 30.0 Å². The van der Waals surface area contributed by atoms with E-state index in [2.05, 4.69) is 10.2 Å². The summed E-state index contributed by atoms with van der Waals surface area (Å²) in [6, 6.07) is 10.9. The average Bonchev–Trinajstić information content (AvgIpc) is 3.38. The highest BCUT2D eigenvalue weighted by atomic mass is 32.2. The fraction of sp³-hybridized carbons (Fsp3) is 0.476. The lowest BCUT2D eigenvalue weighted by Crippen LogP contribution is -2.41. The van der Waals surface area contributed by atoms with E-state index in [0.29, 0.717) is 42.1 Å². The molecule has 0 aliphatic carbocycles. The number of fused-ring (bicyclic) bond motifs is 3. The second-order valence-electron chi connectivity index (χ2n) is 8.04. The van der Waals surface area contributed by atoms with Crippen LogP contribution < -0.4 is 5.32 Å². The zero-order valence-corrected chi connectivity index (χ0v) is 18.3. The van der Waals surface area contributed by atoms with Crippen molar-refractivity contribution in [3.63, 3.8) is 0 Å². The fourth-order valence-electron chi connectivity index (χ4n) is 4.48. The normalized spacial score (nSPS) is 25.1. The highest BCUT2D eigenvalue weighted by molar-refractivity contribution is 8.00. The molecule has 3 saturated heterocycles. The van der Waals surface area contributed by atoms with E-state index in [1.54, 1.807) is 22.5 Å². The van der Waals surface area contributed by atoms with Gasteiger partial charge in [0.25, 0.3) is 0 Å². The Kier molecular flexibility index (Phi) is 5.49. The highest BCUT2D eigenvalue weighted by Gasteiger charge is 2.44. The Morgan fingerprint density at radius 2 is 2.03 bits per heavy atom. The first-order valence-corrected chi connectivity index (χ1v) is 12.8. The lowest BCUT2D eigenvalue weighted by atomic mass is 10.1. The number of thioether (sulfide) groups is 1. The van der Waals surface area contributed by atoms with E-state index in [0.717, 1.165) is 36.0 Å². The minimum Gasteiger partial charge on any atom is -0.379 e. The monoisotopic (exact) mass is 447 g/mol. The number of nitrogens with one attached hydrogen (secondary N) is 1. The molecular formula is C21H25N3O4S2. The van der Waals surface area contributed by atoms with Crippen molar-refractivity contribution < 1.29 is 17.9 Å². The zero-order valence-electron chi connectivity index (χ0n) is 16.6. The van der Waals surface area contributed by atoms with Gasteiger partial charge in [0, 0.05) is 47.8 Å². The number of nitrogens with zero attached hydrogens (tertiary/aromatic N) is 2. The SMILES string of the molecule is O=C(CN1CCOCC1)Nc1cccc2cc(S(=O)(=O)N3CC4CC3CS4)ccc12. The predicted octanol–water partition coefficient (Wildman–Crippen LogP) is 1.99. The molecule has 3 aliphatic rings. The second-order valence-corrected chi connectivity index (χ2v) is 11.3. The summed E-state index contributed by atoms with van der Waals surface area (Å²) in [5.41, 5.74) is 0.700. The Morgan fingerprint density at radius 1 is 1.20 bits per heavy atom. The van der Waals surface area contributed by atoms with Crippen LogP contribution in [0.4, 0.5) is 5.69 Å². The summed E-state index contributed by atoms with van der Waals surface area (Å²) in [5.74, 6) is 0.809. The molecule has 2 aromatic carbocycles. The molecule has 3 aliphatic heterocycles. The van der Waals surface area contributed by atoms with Crippen LogP contribution >= 0.6 is 11.8 Å². The largest absolute Gasteiger partial charge is 0.379 e. The Labute approximate surface area is 180 Å². The Balaban J connectivity index is 1.36. The summed E-state index contributed by atoms with van der Waals surface area (Å²) in [6.45, 7) is 3.73. The minimum atomic E-state index is -3.50. The number of benzene rings is 2. The summed E-state index contributed by atoms with van der Waals surface area (Å²) in [6.07, 6.45) is 0.955. The molecule has 160 valence electrons. The number of carbonyl (C=O) groups is 1. The number of amides is 1. The molecule has 2 atom stereocenters. The van der Waals surface area contributed by atoms with Gasteiger partial charge in [0.05, 0.1) is 24.7 Å². The number of ether oxygens (including phenoxy) is 1. The van der Waals surface area contributed by atoms with Crippen molar-refractivity contribution >= 4 is 44.2 Å². The molecule has 2 unspecified atom stereocenters. The van der Waals surface area contributed by atoms with Gasteiger partial charge in [-0.2, -0.15) is 16.1 Å². The van der Waals surface area contributed by atoms with Crippen LogP contribution in [0.3, 0.4) is 0 Å². The highest BCUT2D eigenvalue weighted by Crippen LogP contribution is 2.40. The molecule has 0 spiro atoms. The Morgan fingerprint density at radius 3 is 2.77 bits per heavy atom. The maximum Gasteiger partial charge on any atom is 0.243 e. The van der Waals surface area contributed by atoms with Crippen LogP contribution in [0.25, 0.3) is 10.8 Å². The first kappa shape index (κ1) is 20.3. The van der Waals surface area contributed by atoms with Crippen molar-refractivity contribution in [3.05, 3.63) is 36.4 Å². The maximum absolute atomic E-state index is 13.2. The van der Waals surface area contributed by atoms with Crippen molar-refractivity contribution in [2.75, 3.05) is 50.5 Å². The van der Waals surface area contributed by atoms with Crippen LogP contribution in [0.2, 0.25) is 0 Å². The van der Waals surface area contributed by atoms with Gasteiger partial charge in [0.15, 0.2) is 0 Å². The summed E-state index contributed by atoms with van der Waals surface area (Å²) >= 11 is 1.87. The first-order valence-electron chi connectivity index (χ1n) is 10.3. The smallest absolute Gasteiger partial charge is 0.243 e. The van der Waals surface area contributed by atoms with Gasteiger partial charge in [-0.15, -0.1) is 0 Å². The molecule has 1 N–H and O–H groups in total. The molecule has 3 fully saturated rings. The third-order valence-electron chi connectivity index (χ3n) is 6.05. The van der Waals surface area contributed by atoms with E-state index in [4.69, 9.17) is 4.74 Å². The number of hydrogen-bond donors (Lipinski definition) is 1. The molecule has 9 heteroatoms. The maximum atomic E-state index is 13.2. The van der Waals surface area contributed by atoms with Gasteiger partial charge < -0.3 is 10.1 Å². The Hall–Kier alpha value is -1.65. The number of sulfonamides is 1. The van der Waals surface area contributed by atoms with Crippen molar-refractivity contribution in [2.24, 2.45) is 0 Å². The van der Waals surface area contributed by atoms with E-state index in [1.807, 2.05) is 30.0 Å². The van der Waals surface area contributed by atoms with Crippen molar-refractivity contribution in [1.29, 1.82) is 0 Å². The molecular weight excluding hydrogens is 422 g/mol. The fourth-order valence-corrected chi connectivity index (χ4v) is 7.82. The molecule has 2 bridgehead atoms. The number of rotatable bonds is 5. The molecule has 0 radical (unpaired) electrons. The van der Waals surface area contributed by atoms with Crippen LogP contribution in [0, 0.1) is 0 Å². The molecule has 2 aromatic rings. The number of anilines is 1. The van der Waals surface area contributed by atoms with Gasteiger partial charge in [-0.25, -0.2) is 8.42 Å². The molecule has 30 heavy (non-hydrogen) atoms. The third-order valence-corrected chi connectivity index (χ3v) is 9.36. The van der Waals surface area contributed by atoms with Gasteiger partial charge in [-0.3, -0.25) is 9.69 Å². The zero-order chi connectivity index (χ0) is 20.7. The van der Waals surface area contributed by atoms with E-state index < -0.39 is 10.0 Å². The van der Waals surface area contributed by atoms with E-state index in [1.165, 1.54) is 0 Å². The minimum absolute atomic E-state index is 0.0771. The number of hydrogen-bond acceptors (Lipinski definition) is 6. The summed E-state index contributed by atoms with van der Waals surface area (Å²) in [7, 11) is -3.50. The van der Waals surface area contributed by atoms with Crippen molar-refractivity contribution in [2.45, 2.75) is 22.6 Å². The average molecular weight is 448 g/mol. The van der Waals surface area contributed by atoms with E-state index >= 15 is 0 Å². The van der Waals surface area contributed by atoms with Crippen LogP contribution in [0.15, 0.2) is 41.3 Å². The van der Waals surface area contributed by atoms with Crippen molar-refractivity contribution in [3.8, 4) is 0 Å². The quantitative estimate of drug-likeness (QED) is 0.755. The standard InChI is InChI=1S/C21H25N3O4S2/c25-21(13-23-6-8-28-9-7-23)22-20-3-1-2-15-10-18(4-5-19(15)20)30(26,27)24-12-17-11-16(24)14-29-17/h1-5,10,16-17H,6-9,11-14H2,(H,22,25). The van der Waals surface area contributed by atoms with Crippen LogP contribution in [0.5, 0.6) is 0 Å². The summed E-state index contributed by atoms with van der Waals surface area (Å²) in [5, 5.41) is 5.06.